The Morgan fingerprint density at radius 2 is 2.33 bits per heavy atom. The third kappa shape index (κ3) is 3.29. The fourth-order valence-electron chi connectivity index (χ4n) is 0.597. The molecule has 0 aliphatic rings. The first-order valence-electron chi connectivity index (χ1n) is 2.81. The molecule has 0 aromatic carbocycles. The molecule has 0 aliphatic carbocycles. The molecule has 1 rings (SSSR count). The second kappa shape index (κ2) is 5.78. The SMILES string of the molecule is O=C(/C=C/[O-])c1csc(Cl)c1.[Na+]. The summed E-state index contributed by atoms with van der Waals surface area (Å²) in [6, 6.07) is 1.54. The maximum Gasteiger partial charge on any atom is 1.00 e. The molecule has 12 heavy (non-hydrogen) atoms. The van der Waals surface area contributed by atoms with Crippen molar-refractivity contribution in [1.29, 1.82) is 0 Å². The van der Waals surface area contributed by atoms with Crippen LogP contribution in [0.1, 0.15) is 10.4 Å². The zero-order chi connectivity index (χ0) is 8.27. The molecule has 0 spiro atoms. The van der Waals surface area contributed by atoms with E-state index in [1.807, 2.05) is 0 Å². The Labute approximate surface area is 101 Å². The molecule has 0 amide bonds. The summed E-state index contributed by atoms with van der Waals surface area (Å²) in [5.41, 5.74) is 0.465. The van der Waals surface area contributed by atoms with E-state index in [1.165, 1.54) is 17.4 Å². The smallest absolute Gasteiger partial charge is 0.878 e. The fraction of sp³-hybridized carbons (Fsp3) is 0. The minimum atomic E-state index is -0.303. The standard InChI is InChI=1S/C7H5ClO2S.Na/c8-7-3-5(4-11-7)6(10)1-2-9;/h1-4,9H;/q;+1/p-1/b2-1+;. The Balaban J connectivity index is 0.00000121. The van der Waals surface area contributed by atoms with Gasteiger partial charge in [-0.1, -0.05) is 11.6 Å². The van der Waals surface area contributed by atoms with Gasteiger partial charge in [0.2, 0.25) is 0 Å². The van der Waals surface area contributed by atoms with Crippen LogP contribution in [0.25, 0.3) is 0 Å². The number of halogens is 1. The fourth-order valence-corrected chi connectivity index (χ4v) is 1.47. The predicted octanol–water partition coefficient (Wildman–Crippen LogP) is -1.54. The summed E-state index contributed by atoms with van der Waals surface area (Å²) in [5, 5.41) is 11.5. The molecular weight excluding hydrogens is 207 g/mol. The molecule has 0 saturated carbocycles. The summed E-state index contributed by atoms with van der Waals surface area (Å²) in [6.07, 6.45) is 1.44. The Hall–Kier alpha value is 0.200. The second-order valence-electron chi connectivity index (χ2n) is 1.81. The van der Waals surface area contributed by atoms with Gasteiger partial charge in [-0.05, 0) is 12.1 Å². The Morgan fingerprint density at radius 1 is 1.67 bits per heavy atom. The molecule has 0 unspecified atom stereocenters. The summed E-state index contributed by atoms with van der Waals surface area (Å²) >= 11 is 6.84. The topological polar surface area (TPSA) is 40.1 Å². The molecule has 0 atom stereocenters. The minimum Gasteiger partial charge on any atom is -0.878 e. The summed E-state index contributed by atoms with van der Waals surface area (Å²) in [5.74, 6) is -0.303. The first kappa shape index (κ1) is 12.2. The van der Waals surface area contributed by atoms with Crippen molar-refractivity contribution in [3.8, 4) is 0 Å². The Morgan fingerprint density at radius 3 is 2.75 bits per heavy atom. The van der Waals surface area contributed by atoms with Crippen molar-refractivity contribution in [3.05, 3.63) is 33.7 Å². The van der Waals surface area contributed by atoms with E-state index in [1.54, 1.807) is 5.38 Å². The molecule has 1 aromatic rings. The Bertz CT molecular complexity index is 295. The average molecular weight is 211 g/mol. The number of allylic oxidation sites excluding steroid dienone is 1. The van der Waals surface area contributed by atoms with E-state index >= 15 is 0 Å². The van der Waals surface area contributed by atoms with E-state index in [0.717, 1.165) is 6.08 Å². The summed E-state index contributed by atoms with van der Waals surface area (Å²) in [4.78, 5) is 10.9. The van der Waals surface area contributed by atoms with Crippen molar-refractivity contribution in [2.45, 2.75) is 0 Å². The van der Waals surface area contributed by atoms with Crippen LogP contribution in [0.2, 0.25) is 4.34 Å². The molecule has 0 N–H and O–H groups in total. The van der Waals surface area contributed by atoms with Gasteiger partial charge in [0.15, 0.2) is 5.78 Å². The van der Waals surface area contributed by atoms with Gasteiger partial charge in [0.25, 0.3) is 0 Å². The number of carbonyl (C=O) groups excluding carboxylic acids is 1. The van der Waals surface area contributed by atoms with Crippen molar-refractivity contribution in [2.24, 2.45) is 0 Å². The molecule has 58 valence electrons. The van der Waals surface area contributed by atoms with Crippen molar-refractivity contribution in [3.63, 3.8) is 0 Å². The largest absolute Gasteiger partial charge is 1.00 e. The van der Waals surface area contributed by atoms with Gasteiger partial charge in [-0.2, -0.15) is 0 Å². The first-order chi connectivity index (χ1) is 5.24. The number of hydrogen-bond acceptors (Lipinski definition) is 3. The molecule has 0 fully saturated rings. The summed E-state index contributed by atoms with van der Waals surface area (Å²) in [7, 11) is 0. The van der Waals surface area contributed by atoms with Crippen LogP contribution in [0.15, 0.2) is 23.8 Å². The van der Waals surface area contributed by atoms with Crippen LogP contribution in [0.4, 0.5) is 0 Å². The van der Waals surface area contributed by atoms with E-state index < -0.39 is 0 Å². The van der Waals surface area contributed by atoms with Gasteiger partial charge < -0.3 is 5.11 Å². The number of ketones is 1. The molecule has 0 bridgehead atoms. The third-order valence-electron chi connectivity index (χ3n) is 1.07. The van der Waals surface area contributed by atoms with Crippen LogP contribution in [-0.2, 0) is 0 Å². The van der Waals surface area contributed by atoms with Crippen LogP contribution in [0.5, 0.6) is 0 Å². The first-order valence-corrected chi connectivity index (χ1v) is 4.06. The van der Waals surface area contributed by atoms with Gasteiger partial charge in [-0.15, -0.1) is 17.6 Å². The minimum absolute atomic E-state index is 0. The maximum atomic E-state index is 10.9. The van der Waals surface area contributed by atoms with Gasteiger partial charge >= 0.3 is 29.6 Å². The van der Waals surface area contributed by atoms with Crippen molar-refractivity contribution in [1.82, 2.24) is 0 Å². The zero-order valence-corrected chi connectivity index (χ0v) is 9.98. The normalized spacial score (nSPS) is 9.75. The van der Waals surface area contributed by atoms with E-state index in [4.69, 9.17) is 11.6 Å². The van der Waals surface area contributed by atoms with E-state index in [9.17, 15) is 9.90 Å². The molecule has 0 radical (unpaired) electrons. The molecule has 1 aromatic heterocycles. The summed E-state index contributed by atoms with van der Waals surface area (Å²) < 4.78 is 0.549. The molecule has 2 nitrogen and oxygen atoms in total. The van der Waals surface area contributed by atoms with Crippen LogP contribution in [0, 0.1) is 0 Å². The quantitative estimate of drug-likeness (QED) is 0.257. The van der Waals surface area contributed by atoms with Gasteiger partial charge in [-0.3, -0.25) is 4.79 Å². The van der Waals surface area contributed by atoms with E-state index in [0.29, 0.717) is 16.2 Å². The van der Waals surface area contributed by atoms with Crippen molar-refractivity contribution < 1.29 is 39.5 Å². The molecule has 5 heteroatoms. The van der Waals surface area contributed by atoms with Crippen LogP contribution >= 0.6 is 22.9 Å². The number of carbonyl (C=O) groups is 1. The van der Waals surface area contributed by atoms with Crippen LogP contribution in [-0.4, -0.2) is 5.78 Å². The summed E-state index contributed by atoms with van der Waals surface area (Å²) in [6.45, 7) is 0. The van der Waals surface area contributed by atoms with E-state index in [2.05, 4.69) is 0 Å². The van der Waals surface area contributed by atoms with Crippen molar-refractivity contribution in [2.75, 3.05) is 0 Å². The van der Waals surface area contributed by atoms with E-state index in [-0.39, 0.29) is 35.3 Å². The van der Waals surface area contributed by atoms with Crippen LogP contribution < -0.4 is 34.7 Å². The maximum absolute atomic E-state index is 10.9. The molecule has 1 heterocycles. The van der Waals surface area contributed by atoms with Gasteiger partial charge in [0.05, 0.1) is 4.34 Å². The average Bonchev–Trinajstić information content (AvgIpc) is 2.36. The number of hydrogen-bond donors (Lipinski definition) is 0. The van der Waals surface area contributed by atoms with Crippen molar-refractivity contribution >= 4 is 28.7 Å². The third-order valence-corrected chi connectivity index (χ3v) is 2.16. The second-order valence-corrected chi connectivity index (χ2v) is 3.35. The predicted molar refractivity (Wildman–Crippen MR) is 42.8 cm³/mol. The van der Waals surface area contributed by atoms with Crippen LogP contribution in [0.3, 0.4) is 0 Å². The number of rotatable bonds is 2. The monoisotopic (exact) mass is 210 g/mol. The molecule has 0 aliphatic heterocycles. The zero-order valence-electron chi connectivity index (χ0n) is 6.41. The molecular formula is C7H4ClNaO2S. The van der Waals surface area contributed by atoms with Gasteiger partial charge in [0, 0.05) is 10.9 Å². The number of thiophene rings is 1. The van der Waals surface area contributed by atoms with Gasteiger partial charge in [0.1, 0.15) is 0 Å². The van der Waals surface area contributed by atoms with Gasteiger partial charge in [-0.25, -0.2) is 0 Å². The molecule has 0 saturated heterocycles. The Kier molecular flexibility index (Phi) is 5.88.